The zero-order chi connectivity index (χ0) is 87.3. The Hall–Kier alpha value is -6.22. The minimum absolute atomic E-state index is 0.0358. The number of aliphatic hydroxyl groups is 2. The molecule has 10 amide bonds. The number of nitrogens with one attached hydrogen (secondary N) is 8. The Morgan fingerprint density at radius 1 is 0.271 bits per heavy atom. The van der Waals surface area contributed by atoms with Gasteiger partial charge in [-0.1, -0.05) is 154 Å². The number of amides is 10. The first-order chi connectivity index (χ1) is 57.3. The van der Waals surface area contributed by atoms with Gasteiger partial charge in [-0.2, -0.15) is 0 Å². The number of carbonyl (C=O) groups excluding carboxylic acids is 10. The Morgan fingerprint density at radius 2 is 0.508 bits per heavy atom. The molecule has 0 aromatic rings. The SMILES string of the molecule is CCCCCCCCC/C=C\CCCCCCC(=O)N(CCCCN(CCCNC(=O)[C@H](CO)NC(=O)[C@H](CCCCN)NC(=O)[C@H](CCCCN)NC(=O)[C@@H](N)CCCCN)C(=O)CCCCCC/C=C\CCCCCCCCC)CCCNC(=O)[C@H](CO)NC(=O)[C@H](CCCCN)NC(=O)[C@H](CCCCN)NC(=O)[C@@H](N)CCCCN. The first-order valence-corrected chi connectivity index (χ1v) is 46.4. The number of allylic oxidation sites excluding steroid dienone is 4. The Balaban J connectivity index is 6.62. The Bertz CT molecular complexity index is 2460. The summed E-state index contributed by atoms with van der Waals surface area (Å²) in [5.41, 5.74) is 46.8. The molecule has 0 radical (unpaired) electrons. The lowest BCUT2D eigenvalue weighted by Gasteiger charge is -2.26. The van der Waals surface area contributed by atoms with Crippen LogP contribution in [0.3, 0.4) is 0 Å². The lowest BCUT2D eigenvalue weighted by molar-refractivity contribution is -0.134. The molecule has 0 aliphatic rings. The summed E-state index contributed by atoms with van der Waals surface area (Å²) in [7, 11) is 0. The lowest BCUT2D eigenvalue weighted by Crippen LogP contribution is -2.58. The number of aliphatic hydroxyl groups excluding tert-OH is 2. The van der Waals surface area contributed by atoms with E-state index in [2.05, 4.69) is 80.7 Å². The highest BCUT2D eigenvalue weighted by Gasteiger charge is 2.33. The van der Waals surface area contributed by atoms with Crippen molar-refractivity contribution in [1.82, 2.24) is 52.3 Å². The van der Waals surface area contributed by atoms with Crippen LogP contribution in [-0.2, 0) is 47.9 Å². The second kappa shape index (κ2) is 79.3. The fourth-order valence-electron chi connectivity index (χ4n) is 13.9. The Morgan fingerprint density at radius 3 is 0.780 bits per heavy atom. The van der Waals surface area contributed by atoms with Crippen LogP contribution in [0, 0.1) is 0 Å². The molecule has 0 aliphatic heterocycles. The minimum Gasteiger partial charge on any atom is -0.394 e. The van der Waals surface area contributed by atoms with Crippen LogP contribution in [0.2, 0.25) is 0 Å². The number of carbonyl (C=O) groups is 10. The molecular weight excluding hydrogens is 1500 g/mol. The summed E-state index contributed by atoms with van der Waals surface area (Å²) in [5.74, 6) is -5.10. The topological polar surface area (TPSA) is 522 Å². The maximum absolute atomic E-state index is 14.2. The first kappa shape index (κ1) is 112. The predicted molar refractivity (Wildman–Crippen MR) is 476 cm³/mol. The maximum Gasteiger partial charge on any atom is 0.244 e. The molecule has 0 aliphatic carbocycles. The van der Waals surface area contributed by atoms with Gasteiger partial charge in [0.05, 0.1) is 25.3 Å². The van der Waals surface area contributed by atoms with E-state index in [9.17, 15) is 58.2 Å². The highest BCUT2D eigenvalue weighted by Crippen LogP contribution is 2.17. The number of rotatable bonds is 83. The van der Waals surface area contributed by atoms with Crippen LogP contribution >= 0.6 is 0 Å². The summed E-state index contributed by atoms with van der Waals surface area (Å²) in [6, 6.07) is -8.90. The van der Waals surface area contributed by atoms with Crippen LogP contribution in [0.4, 0.5) is 0 Å². The monoisotopic (exact) mass is 1670 g/mol. The van der Waals surface area contributed by atoms with Gasteiger partial charge in [0.15, 0.2) is 0 Å². The van der Waals surface area contributed by atoms with E-state index in [1.54, 1.807) is 9.80 Å². The van der Waals surface area contributed by atoms with E-state index in [-0.39, 0.29) is 63.7 Å². The van der Waals surface area contributed by atoms with Gasteiger partial charge in [0, 0.05) is 52.1 Å². The van der Waals surface area contributed by atoms with E-state index in [4.69, 9.17) is 45.9 Å². The van der Waals surface area contributed by atoms with Crippen LogP contribution in [0.15, 0.2) is 24.3 Å². The smallest absolute Gasteiger partial charge is 0.244 e. The summed E-state index contributed by atoms with van der Waals surface area (Å²) >= 11 is 0. The quantitative estimate of drug-likeness (QED) is 0.0219. The third kappa shape index (κ3) is 60.3. The number of nitrogens with zero attached hydrogens (tertiary/aromatic N) is 2. The van der Waals surface area contributed by atoms with Crippen LogP contribution in [0.5, 0.6) is 0 Å². The molecule has 0 fully saturated rings. The van der Waals surface area contributed by atoms with Crippen molar-refractivity contribution in [1.29, 1.82) is 0 Å². The van der Waals surface area contributed by atoms with E-state index >= 15 is 0 Å². The largest absolute Gasteiger partial charge is 0.394 e. The van der Waals surface area contributed by atoms with Crippen molar-refractivity contribution in [3.05, 3.63) is 24.3 Å². The van der Waals surface area contributed by atoms with Crippen molar-refractivity contribution >= 4 is 59.1 Å². The number of unbranched alkanes of at least 4 members (excludes halogenated alkanes) is 29. The van der Waals surface area contributed by atoms with Crippen LogP contribution in [-0.4, -0.2) is 219 Å². The highest BCUT2D eigenvalue weighted by atomic mass is 16.3. The molecule has 0 unspecified atom stereocenters. The van der Waals surface area contributed by atoms with E-state index < -0.39 is 109 Å². The molecule has 8 atom stereocenters. The molecule has 0 heterocycles. The normalized spacial score (nSPS) is 13.6. The van der Waals surface area contributed by atoms with Gasteiger partial charge >= 0.3 is 0 Å². The average Bonchev–Trinajstić information content (AvgIpc) is 0.870. The summed E-state index contributed by atoms with van der Waals surface area (Å²) in [4.78, 5) is 142. The summed E-state index contributed by atoms with van der Waals surface area (Å²) in [6.45, 7) is 6.76. The van der Waals surface area contributed by atoms with Crippen molar-refractivity contribution in [2.75, 3.05) is 91.8 Å². The molecule has 0 saturated heterocycles. The first-order valence-electron chi connectivity index (χ1n) is 46.4. The van der Waals surface area contributed by atoms with Gasteiger partial charge in [-0.05, 0) is 232 Å². The second-order valence-electron chi connectivity index (χ2n) is 32.1. The summed E-state index contributed by atoms with van der Waals surface area (Å²) in [6.07, 6.45) is 49.1. The van der Waals surface area contributed by atoms with Gasteiger partial charge < -0.3 is 108 Å². The van der Waals surface area contributed by atoms with Gasteiger partial charge in [-0.15, -0.1) is 0 Å². The predicted octanol–water partition coefficient (Wildman–Crippen LogP) is 6.83. The molecule has 0 spiro atoms. The maximum atomic E-state index is 14.2. The van der Waals surface area contributed by atoms with Gasteiger partial charge in [0.25, 0.3) is 0 Å². The molecule has 686 valence electrons. The molecule has 26 N–H and O–H groups in total. The zero-order valence-electron chi connectivity index (χ0n) is 73.7. The minimum atomic E-state index is -1.39. The van der Waals surface area contributed by atoms with Gasteiger partial charge in [-0.3, -0.25) is 47.9 Å². The molecule has 30 nitrogen and oxygen atoms in total. The number of nitrogens with two attached hydrogens (primary N) is 8. The number of hydrogen-bond donors (Lipinski definition) is 18. The molecular formula is C88H172N18O12. The third-order valence-electron chi connectivity index (χ3n) is 21.5. The molecule has 0 saturated carbocycles. The Kier molecular flexibility index (Phi) is 75.1. The average molecular weight is 1670 g/mol. The van der Waals surface area contributed by atoms with Crippen LogP contribution in [0.1, 0.15) is 335 Å². The Labute approximate surface area is 711 Å². The third-order valence-corrected chi connectivity index (χ3v) is 21.5. The van der Waals surface area contributed by atoms with Crippen LogP contribution < -0.4 is 88.4 Å². The summed E-state index contributed by atoms with van der Waals surface area (Å²) < 4.78 is 0. The van der Waals surface area contributed by atoms with E-state index in [0.29, 0.717) is 194 Å². The van der Waals surface area contributed by atoms with Gasteiger partial charge in [0.1, 0.15) is 36.3 Å². The molecule has 0 aromatic carbocycles. The van der Waals surface area contributed by atoms with Crippen molar-refractivity contribution in [2.45, 2.75) is 383 Å². The molecule has 0 aromatic heterocycles. The molecule has 30 heteroatoms. The van der Waals surface area contributed by atoms with E-state index in [0.717, 1.165) is 64.2 Å². The number of hydrogen-bond acceptors (Lipinski definition) is 20. The fourth-order valence-corrected chi connectivity index (χ4v) is 13.9. The van der Waals surface area contributed by atoms with Gasteiger partial charge in [0.2, 0.25) is 59.1 Å². The standard InChI is InChI=1S/C88H172N18O12/c1-3-5-7-9-11-13-15-17-19-21-23-25-27-29-31-55-79(109)105(67-47-63-97-83(113)77(69-107)103-87(117)75(53-37-43-61-93)101-85(115)73(51-35-41-59-91)99-81(111)71(95)49-33-39-57-89)65-45-46-66-106(80(110)56-32-30-28-26-24-22-20-18-16-14-12-10-8-6-4-2)68-48-64-98-84(114)78(70-108)104-88(118)76(54-38-44-62-94)102-86(116)74(52-36-42-60-92)100-82(112)72(96)50-34-40-58-90/h19-22,71-78,107-108H,3-18,23-70,89-96H2,1-2H3,(H,97,113)(H,98,114)(H,99,111)(H,100,112)(H,101,115)(H,102,116)(H,103,117)(H,104,118)/b21-19-,22-20-/t71-,72-,73-,74-,75-,76-,77-,78-/m0/s1. The molecule has 0 rings (SSSR count). The second-order valence-corrected chi connectivity index (χ2v) is 32.1. The van der Waals surface area contributed by atoms with Crippen molar-refractivity contribution in [2.24, 2.45) is 45.9 Å². The van der Waals surface area contributed by atoms with Crippen LogP contribution in [0.25, 0.3) is 0 Å². The van der Waals surface area contributed by atoms with E-state index in [1.807, 2.05) is 0 Å². The molecule has 0 bridgehead atoms. The van der Waals surface area contributed by atoms with Crippen molar-refractivity contribution in [3.63, 3.8) is 0 Å². The summed E-state index contributed by atoms with van der Waals surface area (Å²) in [5, 5.41) is 42.9. The van der Waals surface area contributed by atoms with Crippen molar-refractivity contribution < 1.29 is 58.2 Å². The lowest BCUT2D eigenvalue weighted by atomic mass is 10.0. The molecule has 118 heavy (non-hydrogen) atoms. The van der Waals surface area contributed by atoms with Gasteiger partial charge in [-0.25, -0.2) is 0 Å². The van der Waals surface area contributed by atoms with E-state index in [1.165, 1.54) is 89.9 Å². The zero-order valence-corrected chi connectivity index (χ0v) is 73.7. The fraction of sp³-hybridized carbons (Fsp3) is 0.841. The van der Waals surface area contributed by atoms with Crippen molar-refractivity contribution in [3.8, 4) is 0 Å². The highest BCUT2D eigenvalue weighted by molar-refractivity contribution is 5.96.